The first kappa shape index (κ1) is 22.9. The third-order valence-corrected chi connectivity index (χ3v) is 8.32. The molecule has 182 valence electrons. The molecule has 1 aliphatic rings. The maximum atomic E-state index is 13.5. The van der Waals surface area contributed by atoms with Crippen LogP contribution in [0.25, 0.3) is 21.8 Å². The quantitative estimate of drug-likeness (QED) is 0.316. The number of fused-ring (bicyclic) bond motifs is 2. The molecule has 1 N–H and O–H groups in total. The van der Waals surface area contributed by atoms with Crippen LogP contribution in [0.4, 0.5) is 4.39 Å². The highest BCUT2D eigenvalue weighted by Gasteiger charge is 2.26. The van der Waals surface area contributed by atoms with Crippen molar-refractivity contribution in [3.8, 4) is 0 Å². The van der Waals surface area contributed by atoms with E-state index in [1.165, 1.54) is 28.5 Å². The van der Waals surface area contributed by atoms with E-state index in [1.54, 1.807) is 17.4 Å². The normalized spacial score (nSPS) is 14.7. The SMILES string of the molecule is Cc1nc(Cc2cccc3ccccc23)sc1CC(=O)N1CCC(c2nc3ccc(F)cc3[nH]2)CC1. The minimum atomic E-state index is -0.267. The van der Waals surface area contributed by atoms with E-state index in [0.29, 0.717) is 19.5 Å². The Kier molecular flexibility index (Phi) is 6.01. The smallest absolute Gasteiger partial charge is 0.227 e. The number of carbonyl (C=O) groups is 1. The van der Waals surface area contributed by atoms with Crippen LogP contribution in [-0.4, -0.2) is 38.8 Å². The monoisotopic (exact) mass is 498 g/mol. The third-order valence-electron chi connectivity index (χ3n) is 7.17. The number of benzene rings is 3. The number of H-pyrrole nitrogens is 1. The summed E-state index contributed by atoms with van der Waals surface area (Å²) in [4.78, 5) is 28.9. The maximum Gasteiger partial charge on any atom is 0.227 e. The molecule has 1 amide bonds. The molecule has 0 atom stereocenters. The summed E-state index contributed by atoms with van der Waals surface area (Å²) in [6.45, 7) is 3.41. The van der Waals surface area contributed by atoms with Gasteiger partial charge in [-0.3, -0.25) is 4.79 Å². The minimum absolute atomic E-state index is 0.156. The lowest BCUT2D eigenvalue weighted by atomic mass is 9.96. The molecular weight excluding hydrogens is 471 g/mol. The fourth-order valence-corrected chi connectivity index (χ4v) is 6.27. The van der Waals surface area contributed by atoms with Gasteiger partial charge in [-0.15, -0.1) is 11.3 Å². The van der Waals surface area contributed by atoms with Gasteiger partial charge >= 0.3 is 0 Å². The van der Waals surface area contributed by atoms with Crippen molar-refractivity contribution in [1.82, 2.24) is 19.9 Å². The van der Waals surface area contributed by atoms with Crippen molar-refractivity contribution in [2.24, 2.45) is 0 Å². The lowest BCUT2D eigenvalue weighted by Gasteiger charge is -2.31. The molecule has 0 saturated carbocycles. The van der Waals surface area contributed by atoms with E-state index in [2.05, 4.69) is 52.4 Å². The van der Waals surface area contributed by atoms with E-state index in [1.807, 2.05) is 11.8 Å². The Hall–Kier alpha value is -3.58. The van der Waals surface area contributed by atoms with E-state index in [-0.39, 0.29) is 17.6 Å². The summed E-state index contributed by atoms with van der Waals surface area (Å²) < 4.78 is 13.5. The molecule has 1 fully saturated rings. The molecule has 7 heteroatoms. The van der Waals surface area contributed by atoms with E-state index in [0.717, 1.165) is 51.7 Å². The predicted molar refractivity (Wildman–Crippen MR) is 142 cm³/mol. The molecule has 36 heavy (non-hydrogen) atoms. The predicted octanol–water partition coefficient (Wildman–Crippen LogP) is 6.16. The first-order valence-corrected chi connectivity index (χ1v) is 13.2. The van der Waals surface area contributed by atoms with Crippen molar-refractivity contribution in [3.05, 3.63) is 93.4 Å². The van der Waals surface area contributed by atoms with Crippen molar-refractivity contribution in [3.63, 3.8) is 0 Å². The molecular formula is C29H27FN4OS. The number of likely N-dealkylation sites (tertiary alicyclic amines) is 1. The van der Waals surface area contributed by atoms with Crippen molar-refractivity contribution in [2.45, 2.75) is 38.5 Å². The first-order valence-electron chi connectivity index (χ1n) is 12.4. The summed E-state index contributed by atoms with van der Waals surface area (Å²) >= 11 is 1.65. The lowest BCUT2D eigenvalue weighted by Crippen LogP contribution is -2.38. The molecule has 0 bridgehead atoms. The Balaban J connectivity index is 1.10. The number of nitrogens with zero attached hydrogens (tertiary/aromatic N) is 3. The Morgan fingerprint density at radius 3 is 2.75 bits per heavy atom. The zero-order valence-electron chi connectivity index (χ0n) is 20.1. The number of aromatic amines is 1. The van der Waals surface area contributed by atoms with Crippen LogP contribution in [0.15, 0.2) is 60.7 Å². The molecule has 2 aromatic heterocycles. The van der Waals surface area contributed by atoms with Gasteiger partial charge in [0, 0.05) is 30.3 Å². The van der Waals surface area contributed by atoms with Crippen molar-refractivity contribution in [1.29, 1.82) is 0 Å². The number of halogens is 1. The molecule has 0 spiro atoms. The van der Waals surface area contributed by atoms with Crippen LogP contribution in [0.3, 0.4) is 0 Å². The molecule has 0 aliphatic carbocycles. The number of imidazole rings is 1. The van der Waals surface area contributed by atoms with Crippen LogP contribution in [0.2, 0.25) is 0 Å². The molecule has 1 saturated heterocycles. The Labute approximate surface area is 213 Å². The highest BCUT2D eigenvalue weighted by Crippen LogP contribution is 2.30. The second kappa shape index (κ2) is 9.47. The fraction of sp³-hybridized carbons (Fsp3) is 0.276. The van der Waals surface area contributed by atoms with Gasteiger partial charge in [0.1, 0.15) is 11.6 Å². The summed E-state index contributed by atoms with van der Waals surface area (Å²) in [7, 11) is 0. The Morgan fingerprint density at radius 2 is 1.89 bits per heavy atom. The summed E-state index contributed by atoms with van der Waals surface area (Å²) in [5, 5.41) is 3.53. The van der Waals surface area contributed by atoms with Gasteiger partial charge in [-0.05, 0) is 54.3 Å². The minimum Gasteiger partial charge on any atom is -0.342 e. The van der Waals surface area contributed by atoms with Crippen LogP contribution in [0.1, 0.15) is 45.7 Å². The van der Waals surface area contributed by atoms with Crippen LogP contribution >= 0.6 is 11.3 Å². The highest BCUT2D eigenvalue weighted by molar-refractivity contribution is 7.11. The molecule has 5 aromatic rings. The van der Waals surface area contributed by atoms with Crippen LogP contribution < -0.4 is 0 Å². The molecule has 6 rings (SSSR count). The molecule has 1 aliphatic heterocycles. The summed E-state index contributed by atoms with van der Waals surface area (Å²) in [6.07, 6.45) is 2.87. The van der Waals surface area contributed by atoms with Crippen molar-refractivity contribution < 1.29 is 9.18 Å². The third kappa shape index (κ3) is 4.51. The number of thiazole rings is 1. The van der Waals surface area contributed by atoms with Gasteiger partial charge in [-0.2, -0.15) is 0 Å². The largest absolute Gasteiger partial charge is 0.342 e. The fourth-order valence-electron chi connectivity index (χ4n) is 5.18. The number of carbonyl (C=O) groups excluding carboxylic acids is 1. The van der Waals surface area contributed by atoms with Gasteiger partial charge in [0.15, 0.2) is 0 Å². The van der Waals surface area contributed by atoms with Crippen molar-refractivity contribution >= 4 is 39.0 Å². The zero-order chi connectivity index (χ0) is 24.6. The standard InChI is InChI=1S/C29H27FN4OS/c1-18-26(36-27(31-18)15-21-7-4-6-19-5-2-3-8-23(19)21)17-28(35)34-13-11-20(12-14-34)29-32-24-10-9-22(30)16-25(24)33-29/h2-10,16,20H,11-15,17H2,1H3,(H,32,33). The van der Waals surface area contributed by atoms with Gasteiger partial charge in [-0.1, -0.05) is 42.5 Å². The molecule has 0 unspecified atom stereocenters. The average Bonchev–Trinajstić information content (AvgIpc) is 3.46. The zero-order valence-corrected chi connectivity index (χ0v) is 20.9. The van der Waals surface area contributed by atoms with E-state index in [9.17, 15) is 9.18 Å². The first-order chi connectivity index (χ1) is 17.5. The van der Waals surface area contributed by atoms with E-state index >= 15 is 0 Å². The number of amides is 1. The molecule has 5 nitrogen and oxygen atoms in total. The summed E-state index contributed by atoms with van der Waals surface area (Å²) in [5.74, 6) is 1.03. The topological polar surface area (TPSA) is 61.9 Å². The number of aryl methyl sites for hydroxylation is 1. The van der Waals surface area contributed by atoms with Gasteiger partial charge in [0.2, 0.25) is 5.91 Å². The van der Waals surface area contributed by atoms with E-state index in [4.69, 9.17) is 4.98 Å². The van der Waals surface area contributed by atoms with Crippen LogP contribution in [0.5, 0.6) is 0 Å². The maximum absolute atomic E-state index is 13.5. The number of hydrogen-bond acceptors (Lipinski definition) is 4. The van der Waals surface area contributed by atoms with Crippen LogP contribution in [-0.2, 0) is 17.6 Å². The van der Waals surface area contributed by atoms with Crippen LogP contribution in [0, 0.1) is 12.7 Å². The number of aromatic nitrogens is 3. The molecule has 3 aromatic carbocycles. The number of hydrogen-bond donors (Lipinski definition) is 1. The number of piperidine rings is 1. The number of nitrogens with one attached hydrogen (secondary N) is 1. The average molecular weight is 499 g/mol. The van der Waals surface area contributed by atoms with Gasteiger partial charge in [-0.25, -0.2) is 14.4 Å². The Morgan fingerprint density at radius 1 is 1.08 bits per heavy atom. The lowest BCUT2D eigenvalue weighted by molar-refractivity contribution is -0.131. The molecule has 0 radical (unpaired) electrons. The second-order valence-corrected chi connectivity index (χ2v) is 10.7. The van der Waals surface area contributed by atoms with Gasteiger partial charge in [0.25, 0.3) is 0 Å². The molecule has 3 heterocycles. The highest BCUT2D eigenvalue weighted by atomic mass is 32.1. The van der Waals surface area contributed by atoms with Gasteiger partial charge < -0.3 is 9.88 Å². The second-order valence-electron chi connectivity index (χ2n) is 9.55. The number of rotatable bonds is 5. The summed E-state index contributed by atoms with van der Waals surface area (Å²) in [5.41, 5.74) is 3.72. The van der Waals surface area contributed by atoms with Crippen molar-refractivity contribution in [2.75, 3.05) is 13.1 Å². The summed E-state index contributed by atoms with van der Waals surface area (Å²) in [6, 6.07) is 19.4. The van der Waals surface area contributed by atoms with Gasteiger partial charge in [0.05, 0.1) is 28.2 Å². The van der Waals surface area contributed by atoms with E-state index < -0.39 is 0 Å². The Bertz CT molecular complexity index is 1560.